The molecule has 1 atom stereocenters. The van der Waals surface area contributed by atoms with E-state index in [1.165, 1.54) is 5.56 Å². The first-order chi connectivity index (χ1) is 9.87. The van der Waals surface area contributed by atoms with Crippen LogP contribution in [0.25, 0.3) is 0 Å². The summed E-state index contributed by atoms with van der Waals surface area (Å²) < 4.78 is 5.73. The molecule has 1 rings (SSSR count). The predicted octanol–water partition coefficient (Wildman–Crippen LogP) is 4.16. The first-order valence-electron chi connectivity index (χ1n) is 7.80. The third kappa shape index (κ3) is 5.06. The lowest BCUT2D eigenvalue weighted by Gasteiger charge is -2.23. The van der Waals surface area contributed by atoms with Crippen molar-refractivity contribution in [1.82, 2.24) is 0 Å². The van der Waals surface area contributed by atoms with Gasteiger partial charge in [-0.1, -0.05) is 39.8 Å². The van der Waals surface area contributed by atoms with Crippen LogP contribution in [0.3, 0.4) is 0 Å². The van der Waals surface area contributed by atoms with Gasteiger partial charge in [0.1, 0.15) is 11.3 Å². The van der Waals surface area contributed by atoms with E-state index < -0.39 is 5.54 Å². The summed E-state index contributed by atoms with van der Waals surface area (Å²) in [7, 11) is 0. The fraction of sp³-hybridized carbons (Fsp3) is 0.611. The summed E-state index contributed by atoms with van der Waals surface area (Å²) in [5.74, 6) is 0.877. The van der Waals surface area contributed by atoms with Crippen LogP contribution in [-0.4, -0.2) is 12.1 Å². The molecule has 0 radical (unpaired) electrons. The van der Waals surface area contributed by atoms with Gasteiger partial charge in [0.25, 0.3) is 0 Å². The van der Waals surface area contributed by atoms with Gasteiger partial charge in [-0.2, -0.15) is 5.26 Å². The first kappa shape index (κ1) is 17.5. The van der Waals surface area contributed by atoms with Crippen molar-refractivity contribution in [2.24, 2.45) is 5.73 Å². The van der Waals surface area contributed by atoms with E-state index in [-0.39, 0.29) is 5.41 Å². The second kappa shape index (κ2) is 7.47. The van der Waals surface area contributed by atoms with E-state index in [1.54, 1.807) is 0 Å². The topological polar surface area (TPSA) is 59.0 Å². The van der Waals surface area contributed by atoms with Crippen molar-refractivity contribution in [3.63, 3.8) is 0 Å². The smallest absolute Gasteiger partial charge is 0.119 e. The number of nitrogens with zero attached hydrogens (tertiary/aromatic N) is 1. The molecule has 1 aromatic rings. The second-order valence-corrected chi connectivity index (χ2v) is 6.34. The number of nitrogens with two attached hydrogens (primary N) is 1. The molecule has 0 fully saturated rings. The molecule has 0 amide bonds. The maximum absolute atomic E-state index is 9.02. The zero-order valence-electron chi connectivity index (χ0n) is 13.8. The molecule has 0 heterocycles. The van der Waals surface area contributed by atoms with Crippen LogP contribution in [0.15, 0.2) is 24.3 Å². The Kier molecular flexibility index (Phi) is 6.23. The van der Waals surface area contributed by atoms with Crippen molar-refractivity contribution in [3.05, 3.63) is 29.8 Å². The number of rotatable bonds is 8. The van der Waals surface area contributed by atoms with E-state index >= 15 is 0 Å². The quantitative estimate of drug-likeness (QED) is 0.730. The average Bonchev–Trinajstić information content (AvgIpc) is 2.51. The lowest BCUT2D eigenvalue weighted by molar-refractivity contribution is 0.291. The summed E-state index contributed by atoms with van der Waals surface area (Å²) in [6, 6.07) is 10.5. The summed E-state index contributed by atoms with van der Waals surface area (Å²) >= 11 is 0. The summed E-state index contributed by atoms with van der Waals surface area (Å²) in [6.07, 6.45) is 3.24. The molecule has 1 aromatic carbocycles. The Labute approximate surface area is 129 Å². The minimum absolute atomic E-state index is 0.200. The molecule has 0 aromatic heterocycles. The van der Waals surface area contributed by atoms with E-state index in [1.807, 2.05) is 19.1 Å². The normalized spacial score (nSPS) is 14.3. The second-order valence-electron chi connectivity index (χ2n) is 6.34. The first-order valence-corrected chi connectivity index (χ1v) is 7.80. The van der Waals surface area contributed by atoms with Gasteiger partial charge in [0.05, 0.1) is 12.7 Å². The number of benzene rings is 1. The summed E-state index contributed by atoms with van der Waals surface area (Å²) in [6.45, 7) is 9.23. The maximum atomic E-state index is 9.02. The fourth-order valence-electron chi connectivity index (χ4n) is 2.10. The molecule has 2 N–H and O–H groups in total. The van der Waals surface area contributed by atoms with Gasteiger partial charge in [-0.3, -0.25) is 0 Å². The molecule has 0 aliphatic rings. The molecular formula is C18H28N2O. The van der Waals surface area contributed by atoms with E-state index in [4.69, 9.17) is 15.7 Å². The summed E-state index contributed by atoms with van der Waals surface area (Å²) in [4.78, 5) is 0. The highest BCUT2D eigenvalue weighted by Crippen LogP contribution is 2.28. The molecule has 0 bridgehead atoms. The third-order valence-electron chi connectivity index (χ3n) is 4.41. The molecular weight excluding hydrogens is 260 g/mol. The van der Waals surface area contributed by atoms with Crippen molar-refractivity contribution in [2.75, 3.05) is 6.61 Å². The molecule has 0 saturated heterocycles. The lowest BCUT2D eigenvalue weighted by atomic mass is 9.82. The minimum atomic E-state index is -0.710. The molecule has 0 aliphatic carbocycles. The van der Waals surface area contributed by atoms with Crippen LogP contribution < -0.4 is 10.5 Å². The third-order valence-corrected chi connectivity index (χ3v) is 4.41. The molecule has 1 unspecified atom stereocenters. The molecule has 3 nitrogen and oxygen atoms in total. The molecule has 3 heteroatoms. The SMILES string of the molecule is CCC(N)(C#N)CCCOc1ccc(C(C)(C)CC)cc1. The molecule has 0 saturated carbocycles. The zero-order chi connectivity index (χ0) is 15.9. The number of hydrogen-bond acceptors (Lipinski definition) is 3. The highest BCUT2D eigenvalue weighted by molar-refractivity contribution is 5.31. The molecule has 0 aliphatic heterocycles. The Morgan fingerprint density at radius 3 is 2.24 bits per heavy atom. The van der Waals surface area contributed by atoms with Gasteiger partial charge >= 0.3 is 0 Å². The molecule has 0 spiro atoms. The largest absolute Gasteiger partial charge is 0.494 e. The van der Waals surface area contributed by atoms with E-state index in [2.05, 4.69) is 39.0 Å². The Morgan fingerprint density at radius 2 is 1.76 bits per heavy atom. The highest BCUT2D eigenvalue weighted by atomic mass is 16.5. The highest BCUT2D eigenvalue weighted by Gasteiger charge is 2.21. The van der Waals surface area contributed by atoms with Gasteiger partial charge in [0.2, 0.25) is 0 Å². The van der Waals surface area contributed by atoms with Gasteiger partial charge in [0.15, 0.2) is 0 Å². The van der Waals surface area contributed by atoms with E-state index in [0.29, 0.717) is 19.4 Å². The van der Waals surface area contributed by atoms with Crippen molar-refractivity contribution in [2.45, 2.75) is 64.3 Å². The summed E-state index contributed by atoms with van der Waals surface area (Å²) in [5, 5.41) is 9.02. The molecule has 116 valence electrons. The fourth-order valence-corrected chi connectivity index (χ4v) is 2.10. The number of nitriles is 1. The van der Waals surface area contributed by atoms with Gasteiger partial charge in [-0.05, 0) is 48.8 Å². The van der Waals surface area contributed by atoms with Crippen LogP contribution in [0.1, 0.15) is 58.9 Å². The van der Waals surface area contributed by atoms with Crippen molar-refractivity contribution >= 4 is 0 Å². The lowest BCUT2D eigenvalue weighted by Crippen LogP contribution is -2.37. The van der Waals surface area contributed by atoms with E-state index in [0.717, 1.165) is 18.6 Å². The Balaban J connectivity index is 2.46. The Hall–Kier alpha value is -1.53. The van der Waals surface area contributed by atoms with Gasteiger partial charge in [-0.15, -0.1) is 0 Å². The van der Waals surface area contributed by atoms with Crippen LogP contribution >= 0.6 is 0 Å². The van der Waals surface area contributed by atoms with Crippen molar-refractivity contribution in [3.8, 4) is 11.8 Å². The summed E-state index contributed by atoms with van der Waals surface area (Å²) in [5.41, 5.74) is 6.76. The molecule has 21 heavy (non-hydrogen) atoms. The van der Waals surface area contributed by atoms with Crippen molar-refractivity contribution in [1.29, 1.82) is 5.26 Å². The minimum Gasteiger partial charge on any atom is -0.494 e. The Bertz CT molecular complexity index is 473. The number of ether oxygens (including phenoxy) is 1. The zero-order valence-corrected chi connectivity index (χ0v) is 13.8. The van der Waals surface area contributed by atoms with E-state index in [9.17, 15) is 0 Å². The van der Waals surface area contributed by atoms with Crippen LogP contribution in [0, 0.1) is 11.3 Å². The van der Waals surface area contributed by atoms with Crippen LogP contribution in [0.2, 0.25) is 0 Å². The van der Waals surface area contributed by atoms with Gasteiger partial charge in [0, 0.05) is 0 Å². The van der Waals surface area contributed by atoms with Gasteiger partial charge in [-0.25, -0.2) is 0 Å². The van der Waals surface area contributed by atoms with Crippen LogP contribution in [0.4, 0.5) is 0 Å². The predicted molar refractivity (Wildman–Crippen MR) is 87.3 cm³/mol. The Morgan fingerprint density at radius 1 is 1.14 bits per heavy atom. The van der Waals surface area contributed by atoms with Crippen LogP contribution in [-0.2, 0) is 5.41 Å². The van der Waals surface area contributed by atoms with Gasteiger partial charge < -0.3 is 10.5 Å². The average molecular weight is 288 g/mol. The maximum Gasteiger partial charge on any atom is 0.119 e. The van der Waals surface area contributed by atoms with Crippen molar-refractivity contribution < 1.29 is 4.74 Å². The van der Waals surface area contributed by atoms with Crippen LogP contribution in [0.5, 0.6) is 5.75 Å². The number of hydrogen-bond donors (Lipinski definition) is 1. The standard InChI is InChI=1S/C18H28N2O/c1-5-17(3,4)15-8-10-16(11-9-15)21-13-7-12-18(20,6-2)14-19/h8-11H,5-7,12-13,20H2,1-4H3. The monoisotopic (exact) mass is 288 g/mol.